The summed E-state index contributed by atoms with van der Waals surface area (Å²) in [4.78, 5) is 29.6. The first kappa shape index (κ1) is 20.0. The van der Waals surface area contributed by atoms with E-state index in [9.17, 15) is 9.59 Å². The highest BCUT2D eigenvalue weighted by Gasteiger charge is 2.38. The highest BCUT2D eigenvalue weighted by Crippen LogP contribution is 2.24. The number of carbonyl (C=O) groups is 2. The molecule has 0 spiro atoms. The summed E-state index contributed by atoms with van der Waals surface area (Å²) in [7, 11) is 0. The Bertz CT molecular complexity index is 1090. The number of nitrogens with one attached hydrogen (secondary N) is 2. The van der Waals surface area contributed by atoms with Gasteiger partial charge in [0.1, 0.15) is 18.4 Å². The summed E-state index contributed by atoms with van der Waals surface area (Å²) in [6.45, 7) is 6.87. The fourth-order valence-corrected chi connectivity index (χ4v) is 4.09. The Balaban J connectivity index is 1.36. The molecular weight excluding hydrogens is 378 g/mol. The van der Waals surface area contributed by atoms with Crippen LogP contribution in [0.5, 0.6) is 5.75 Å². The van der Waals surface area contributed by atoms with Gasteiger partial charge in [0.2, 0.25) is 0 Å². The van der Waals surface area contributed by atoms with E-state index in [1.807, 2.05) is 42.6 Å². The lowest BCUT2D eigenvalue weighted by atomic mass is 9.98. The minimum Gasteiger partial charge on any atom is -0.492 e. The largest absolute Gasteiger partial charge is 0.492 e. The van der Waals surface area contributed by atoms with E-state index in [1.54, 1.807) is 0 Å². The summed E-state index contributed by atoms with van der Waals surface area (Å²) >= 11 is 0. The maximum Gasteiger partial charge on any atom is 0.324 e. The average molecular weight is 405 g/mol. The third-order valence-electron chi connectivity index (χ3n) is 5.65. The number of aromatic amines is 1. The molecule has 2 aromatic carbocycles. The lowest BCUT2D eigenvalue weighted by Gasteiger charge is -2.15. The van der Waals surface area contributed by atoms with Crippen LogP contribution in [0.25, 0.3) is 10.9 Å². The molecule has 1 fully saturated rings. The van der Waals surface area contributed by atoms with E-state index in [4.69, 9.17) is 4.74 Å². The van der Waals surface area contributed by atoms with Gasteiger partial charge in [0.15, 0.2) is 0 Å². The molecule has 3 amide bonds. The molecule has 1 aliphatic rings. The molecule has 6 heteroatoms. The first-order valence-electron chi connectivity index (χ1n) is 10.3. The van der Waals surface area contributed by atoms with E-state index in [0.717, 1.165) is 22.2 Å². The number of hydrogen-bond donors (Lipinski definition) is 2. The average Bonchev–Trinajstić information content (AvgIpc) is 3.24. The summed E-state index contributed by atoms with van der Waals surface area (Å²) in [5, 5.41) is 3.87. The predicted molar refractivity (Wildman–Crippen MR) is 117 cm³/mol. The van der Waals surface area contributed by atoms with Crippen LogP contribution >= 0.6 is 0 Å². The van der Waals surface area contributed by atoms with Gasteiger partial charge in [-0.1, -0.05) is 38.1 Å². The summed E-state index contributed by atoms with van der Waals surface area (Å²) in [5.74, 6) is 0.999. The van der Waals surface area contributed by atoms with Gasteiger partial charge in [-0.25, -0.2) is 4.79 Å². The van der Waals surface area contributed by atoms with E-state index >= 15 is 0 Å². The third kappa shape index (κ3) is 3.90. The van der Waals surface area contributed by atoms with Gasteiger partial charge >= 0.3 is 6.03 Å². The minimum absolute atomic E-state index is 0.208. The Morgan fingerprint density at radius 1 is 1.13 bits per heavy atom. The number of aromatic nitrogens is 1. The van der Waals surface area contributed by atoms with Crippen LogP contribution in [0.15, 0.2) is 48.7 Å². The highest BCUT2D eigenvalue weighted by atomic mass is 16.5. The molecule has 3 aromatic rings. The van der Waals surface area contributed by atoms with E-state index in [1.165, 1.54) is 16.0 Å². The van der Waals surface area contributed by atoms with Crippen LogP contribution < -0.4 is 10.1 Å². The van der Waals surface area contributed by atoms with Crippen LogP contribution in [0.3, 0.4) is 0 Å². The number of rotatable bonds is 7. The number of hydrogen-bond acceptors (Lipinski definition) is 3. The Hall–Kier alpha value is -3.28. The third-order valence-corrected chi connectivity index (χ3v) is 5.65. The van der Waals surface area contributed by atoms with Gasteiger partial charge in [-0.2, -0.15) is 0 Å². The van der Waals surface area contributed by atoms with Gasteiger partial charge in [-0.05, 0) is 47.7 Å². The number of aryl methyl sites for hydroxylation is 1. The molecule has 4 rings (SSSR count). The first-order valence-corrected chi connectivity index (χ1v) is 10.3. The maximum atomic E-state index is 12.8. The number of H-pyrrole nitrogens is 1. The summed E-state index contributed by atoms with van der Waals surface area (Å²) in [6, 6.07) is 13.0. The summed E-state index contributed by atoms with van der Waals surface area (Å²) in [5.41, 5.74) is 4.50. The molecule has 6 nitrogen and oxygen atoms in total. The molecule has 1 unspecified atom stereocenters. The molecule has 156 valence electrons. The van der Waals surface area contributed by atoms with Crippen molar-refractivity contribution < 1.29 is 14.3 Å². The zero-order valence-electron chi connectivity index (χ0n) is 17.6. The van der Waals surface area contributed by atoms with Gasteiger partial charge in [0, 0.05) is 23.5 Å². The summed E-state index contributed by atoms with van der Waals surface area (Å²) in [6.07, 6.45) is 2.36. The fraction of sp³-hybridized carbons (Fsp3) is 0.333. The number of benzene rings is 2. The second-order valence-electron chi connectivity index (χ2n) is 8.08. The second kappa shape index (κ2) is 8.22. The molecule has 1 saturated heterocycles. The van der Waals surface area contributed by atoms with E-state index in [-0.39, 0.29) is 25.1 Å². The van der Waals surface area contributed by atoms with Gasteiger partial charge in [0.25, 0.3) is 5.91 Å². The molecule has 2 N–H and O–H groups in total. The zero-order chi connectivity index (χ0) is 21.3. The fourth-order valence-electron chi connectivity index (χ4n) is 4.09. The van der Waals surface area contributed by atoms with Crippen molar-refractivity contribution in [3.05, 3.63) is 65.4 Å². The predicted octanol–water partition coefficient (Wildman–Crippen LogP) is 4.14. The van der Waals surface area contributed by atoms with Crippen LogP contribution in [0.2, 0.25) is 0 Å². The SMILES string of the molecule is Cc1cc(OCCN2C(=O)NC(Cc3c[nH]c4ccccc34)C2=O)ccc1C(C)C. The Morgan fingerprint density at radius 3 is 2.70 bits per heavy atom. The van der Waals surface area contributed by atoms with Crippen molar-refractivity contribution in [3.8, 4) is 5.75 Å². The smallest absolute Gasteiger partial charge is 0.324 e. The molecule has 1 aromatic heterocycles. The van der Waals surface area contributed by atoms with Crippen molar-refractivity contribution in [2.24, 2.45) is 0 Å². The first-order chi connectivity index (χ1) is 14.4. The van der Waals surface area contributed by atoms with Crippen molar-refractivity contribution >= 4 is 22.8 Å². The molecular formula is C24H27N3O3. The van der Waals surface area contributed by atoms with Gasteiger partial charge < -0.3 is 15.0 Å². The molecule has 0 saturated carbocycles. The molecule has 30 heavy (non-hydrogen) atoms. The normalized spacial score (nSPS) is 16.5. The van der Waals surface area contributed by atoms with Crippen molar-refractivity contribution in [3.63, 3.8) is 0 Å². The van der Waals surface area contributed by atoms with Crippen molar-refractivity contribution in [1.82, 2.24) is 15.2 Å². The van der Waals surface area contributed by atoms with E-state index in [2.05, 4.69) is 37.1 Å². The maximum absolute atomic E-state index is 12.8. The standard InChI is InChI=1S/C24H27N3O3/c1-15(2)19-9-8-18(12-16(19)3)30-11-10-27-23(28)22(26-24(27)29)13-17-14-25-21-7-5-4-6-20(17)21/h4-9,12,14-15,22,25H,10-11,13H2,1-3H3,(H,26,29). The number of amides is 3. The second-order valence-corrected chi connectivity index (χ2v) is 8.08. The topological polar surface area (TPSA) is 74.4 Å². The van der Waals surface area contributed by atoms with Crippen molar-refractivity contribution in [2.45, 2.75) is 39.2 Å². The number of para-hydroxylation sites is 1. The lowest BCUT2D eigenvalue weighted by molar-refractivity contribution is -0.127. The van der Waals surface area contributed by atoms with Crippen molar-refractivity contribution in [1.29, 1.82) is 0 Å². The number of imide groups is 1. The molecule has 1 atom stereocenters. The lowest BCUT2D eigenvalue weighted by Crippen LogP contribution is -2.35. The monoisotopic (exact) mass is 405 g/mol. The van der Waals surface area contributed by atoms with Gasteiger partial charge in [-0.15, -0.1) is 0 Å². The highest BCUT2D eigenvalue weighted by molar-refractivity contribution is 6.04. The number of carbonyl (C=O) groups excluding carboxylic acids is 2. The number of nitrogens with zero attached hydrogens (tertiary/aromatic N) is 1. The number of urea groups is 1. The molecule has 0 aliphatic carbocycles. The Labute approximate surface area is 176 Å². The quantitative estimate of drug-likeness (QED) is 0.580. The van der Waals surface area contributed by atoms with Crippen LogP contribution in [-0.2, 0) is 11.2 Å². The molecule has 1 aliphatic heterocycles. The zero-order valence-corrected chi connectivity index (χ0v) is 17.6. The van der Waals surface area contributed by atoms with Crippen LogP contribution in [0.1, 0.15) is 36.5 Å². The van der Waals surface area contributed by atoms with Crippen molar-refractivity contribution in [2.75, 3.05) is 13.2 Å². The summed E-state index contributed by atoms with van der Waals surface area (Å²) < 4.78 is 5.80. The van der Waals surface area contributed by atoms with E-state index < -0.39 is 6.04 Å². The molecule has 2 heterocycles. The minimum atomic E-state index is -0.552. The van der Waals surface area contributed by atoms with E-state index in [0.29, 0.717) is 12.3 Å². The number of ether oxygens (including phenoxy) is 1. The van der Waals surface area contributed by atoms with Crippen LogP contribution in [0.4, 0.5) is 4.79 Å². The molecule has 0 radical (unpaired) electrons. The molecule has 0 bridgehead atoms. The van der Waals surface area contributed by atoms with Gasteiger partial charge in [-0.3, -0.25) is 9.69 Å². The number of fused-ring (bicyclic) bond motifs is 1. The Morgan fingerprint density at radius 2 is 1.93 bits per heavy atom. The van der Waals surface area contributed by atoms with Gasteiger partial charge in [0.05, 0.1) is 6.54 Å². The van der Waals surface area contributed by atoms with Crippen LogP contribution in [0, 0.1) is 6.92 Å². The van der Waals surface area contributed by atoms with Crippen LogP contribution in [-0.4, -0.2) is 41.0 Å². The Kier molecular flexibility index (Phi) is 5.48.